The molecule has 1 aliphatic carbocycles. The number of carbonyl (C=O) groups excluding carboxylic acids is 1. The van der Waals surface area contributed by atoms with E-state index in [0.717, 1.165) is 31.2 Å². The zero-order valence-corrected chi connectivity index (χ0v) is 14.8. The summed E-state index contributed by atoms with van der Waals surface area (Å²) in [7, 11) is 0. The molecular weight excluding hydrogens is 336 g/mol. The number of carbonyl (C=O) groups is 2. The number of hydrogen-bond donors (Lipinski definition) is 4. The molecule has 1 aromatic rings. The van der Waals surface area contributed by atoms with Gasteiger partial charge < -0.3 is 15.9 Å². The quantitative estimate of drug-likeness (QED) is 0.491. The molecule has 7 nitrogen and oxygen atoms in total. The van der Waals surface area contributed by atoms with Gasteiger partial charge in [-0.05, 0) is 17.9 Å². The number of amides is 1. The second kappa shape index (κ2) is 10.3. The van der Waals surface area contributed by atoms with E-state index < -0.39 is 30.1 Å². The Hall–Kier alpha value is -1.96. The molecule has 0 heterocycles. The van der Waals surface area contributed by atoms with Crippen LogP contribution in [0, 0.1) is 5.92 Å². The third kappa shape index (κ3) is 6.40. The van der Waals surface area contributed by atoms with E-state index in [1.165, 1.54) is 6.42 Å². The molecule has 1 amide bonds. The minimum absolute atomic E-state index is 0.0979. The summed E-state index contributed by atoms with van der Waals surface area (Å²) in [5.41, 5.74) is 8.78. The number of hydroxylamine groups is 1. The van der Waals surface area contributed by atoms with Crippen LogP contribution in [0.2, 0.25) is 0 Å². The molecule has 0 spiro atoms. The zero-order chi connectivity index (χ0) is 18.9. The Morgan fingerprint density at radius 1 is 1.19 bits per heavy atom. The van der Waals surface area contributed by atoms with Crippen LogP contribution in [-0.4, -0.2) is 40.3 Å². The lowest BCUT2D eigenvalue weighted by Gasteiger charge is -2.26. The molecule has 1 saturated carbocycles. The predicted octanol–water partition coefficient (Wildman–Crippen LogP) is 1.39. The van der Waals surface area contributed by atoms with E-state index in [1.54, 1.807) is 24.3 Å². The van der Waals surface area contributed by atoms with Gasteiger partial charge in [-0.1, -0.05) is 62.4 Å². The number of aliphatic hydroxyl groups excluding tert-OH is 1. The van der Waals surface area contributed by atoms with E-state index in [2.05, 4.69) is 5.48 Å². The molecule has 144 valence electrons. The van der Waals surface area contributed by atoms with Crippen LogP contribution in [0.4, 0.5) is 0 Å². The second-order valence-electron chi connectivity index (χ2n) is 6.95. The van der Waals surface area contributed by atoms with Crippen molar-refractivity contribution in [2.45, 2.75) is 63.2 Å². The van der Waals surface area contributed by atoms with Gasteiger partial charge in [0, 0.05) is 12.5 Å². The number of nitrogens with two attached hydrogens (primary N) is 1. The van der Waals surface area contributed by atoms with Gasteiger partial charge in [0.15, 0.2) is 6.10 Å². The van der Waals surface area contributed by atoms with Crippen molar-refractivity contribution in [1.82, 2.24) is 5.48 Å². The topological polar surface area (TPSA) is 122 Å². The van der Waals surface area contributed by atoms with Crippen molar-refractivity contribution in [3.63, 3.8) is 0 Å². The first-order valence-electron chi connectivity index (χ1n) is 9.13. The first kappa shape index (κ1) is 20.4. The summed E-state index contributed by atoms with van der Waals surface area (Å²) in [5, 5.41) is 19.3. The molecule has 2 rings (SSSR count). The van der Waals surface area contributed by atoms with E-state index in [0.29, 0.717) is 12.3 Å². The lowest BCUT2D eigenvalue weighted by atomic mass is 9.84. The van der Waals surface area contributed by atoms with Gasteiger partial charge in [-0.15, -0.1) is 0 Å². The van der Waals surface area contributed by atoms with Crippen LogP contribution in [0.25, 0.3) is 0 Å². The lowest BCUT2D eigenvalue weighted by molar-refractivity contribution is -0.163. The van der Waals surface area contributed by atoms with Crippen LogP contribution in [0.15, 0.2) is 30.3 Å². The van der Waals surface area contributed by atoms with Gasteiger partial charge in [0.05, 0.1) is 0 Å². The molecule has 5 N–H and O–H groups in total. The van der Waals surface area contributed by atoms with Crippen molar-refractivity contribution in [2.75, 3.05) is 0 Å². The second-order valence-corrected chi connectivity index (χ2v) is 6.95. The Labute approximate surface area is 153 Å². The predicted molar refractivity (Wildman–Crippen MR) is 96.0 cm³/mol. The van der Waals surface area contributed by atoms with Crippen molar-refractivity contribution in [3.8, 4) is 0 Å². The molecule has 0 radical (unpaired) electrons. The number of nitrogens with one attached hydrogen (secondary N) is 1. The van der Waals surface area contributed by atoms with E-state index in [-0.39, 0.29) is 6.42 Å². The number of rotatable bonds is 9. The maximum Gasteiger partial charge on any atom is 0.335 e. The summed E-state index contributed by atoms with van der Waals surface area (Å²) >= 11 is 0. The highest BCUT2D eigenvalue weighted by Crippen LogP contribution is 2.27. The minimum Gasteiger partial charge on any atom is -0.479 e. The molecule has 7 heteroatoms. The number of aliphatic hydroxyl groups is 1. The fraction of sp³-hybridized carbons (Fsp3) is 0.579. The van der Waals surface area contributed by atoms with Gasteiger partial charge in [0.1, 0.15) is 6.10 Å². The van der Waals surface area contributed by atoms with Crippen LogP contribution in [-0.2, 0) is 20.8 Å². The molecule has 0 aromatic heterocycles. The van der Waals surface area contributed by atoms with Gasteiger partial charge in [-0.25, -0.2) is 10.3 Å². The van der Waals surface area contributed by atoms with Crippen molar-refractivity contribution in [2.24, 2.45) is 11.7 Å². The van der Waals surface area contributed by atoms with Crippen molar-refractivity contribution < 1.29 is 24.6 Å². The summed E-state index contributed by atoms with van der Waals surface area (Å²) in [6.07, 6.45) is 3.66. The molecule has 1 fully saturated rings. The zero-order valence-electron chi connectivity index (χ0n) is 14.8. The Morgan fingerprint density at radius 3 is 2.46 bits per heavy atom. The molecule has 0 saturated heterocycles. The average Bonchev–Trinajstić information content (AvgIpc) is 2.65. The van der Waals surface area contributed by atoms with E-state index in [9.17, 15) is 19.8 Å². The summed E-state index contributed by atoms with van der Waals surface area (Å²) in [4.78, 5) is 28.4. The van der Waals surface area contributed by atoms with Gasteiger partial charge in [-0.2, -0.15) is 0 Å². The molecule has 0 bridgehead atoms. The number of carboxylic acid groups (broad SMARTS) is 1. The van der Waals surface area contributed by atoms with E-state index in [4.69, 9.17) is 10.6 Å². The highest BCUT2D eigenvalue weighted by atomic mass is 16.7. The molecule has 3 atom stereocenters. The summed E-state index contributed by atoms with van der Waals surface area (Å²) in [6.45, 7) is 0. The Balaban J connectivity index is 1.81. The van der Waals surface area contributed by atoms with Crippen molar-refractivity contribution in [1.29, 1.82) is 0 Å². The monoisotopic (exact) mass is 364 g/mol. The third-order valence-electron chi connectivity index (χ3n) is 4.85. The van der Waals surface area contributed by atoms with E-state index in [1.807, 2.05) is 6.07 Å². The Kier molecular flexibility index (Phi) is 8.03. The largest absolute Gasteiger partial charge is 0.479 e. The molecule has 26 heavy (non-hydrogen) atoms. The summed E-state index contributed by atoms with van der Waals surface area (Å²) in [6, 6.07) is 8.26. The Bertz CT molecular complexity index is 575. The maximum absolute atomic E-state index is 12.0. The van der Waals surface area contributed by atoms with Gasteiger partial charge >= 0.3 is 5.97 Å². The van der Waals surface area contributed by atoms with Crippen molar-refractivity contribution in [3.05, 3.63) is 35.9 Å². The third-order valence-corrected chi connectivity index (χ3v) is 4.85. The molecule has 2 unspecified atom stereocenters. The van der Waals surface area contributed by atoms with Gasteiger partial charge in [-0.3, -0.25) is 9.63 Å². The Morgan fingerprint density at radius 2 is 1.85 bits per heavy atom. The molecular formula is C19H28N2O5. The normalized spacial score (nSPS) is 18.7. The molecule has 0 aliphatic heterocycles. The summed E-state index contributed by atoms with van der Waals surface area (Å²) < 4.78 is 0. The SMILES string of the molecule is N[C@H](CC1CCCCC1)C(O)C(=O)NOC(Cc1ccccc1)C(=O)O. The number of aliphatic carboxylic acids is 1. The summed E-state index contributed by atoms with van der Waals surface area (Å²) in [5.74, 6) is -1.59. The first-order chi connectivity index (χ1) is 12.5. The smallest absolute Gasteiger partial charge is 0.335 e. The minimum atomic E-state index is -1.43. The number of benzene rings is 1. The standard InChI is InChI=1S/C19H28N2O5/c20-15(11-13-7-3-1-4-8-13)17(22)18(23)21-26-16(19(24)25)12-14-9-5-2-6-10-14/h2,5-6,9-10,13,15-17,22H,1,3-4,7-8,11-12,20H2,(H,21,23)(H,24,25)/t15-,16?,17?/m1/s1. The van der Waals surface area contributed by atoms with E-state index >= 15 is 0 Å². The fourth-order valence-corrected chi connectivity index (χ4v) is 3.33. The average molecular weight is 364 g/mol. The number of hydrogen-bond acceptors (Lipinski definition) is 5. The molecule has 1 aromatic carbocycles. The van der Waals surface area contributed by atoms with Crippen LogP contribution in [0.3, 0.4) is 0 Å². The van der Waals surface area contributed by atoms with Gasteiger partial charge in [0.25, 0.3) is 5.91 Å². The van der Waals surface area contributed by atoms with Crippen LogP contribution in [0.1, 0.15) is 44.1 Å². The fourth-order valence-electron chi connectivity index (χ4n) is 3.33. The van der Waals surface area contributed by atoms with Gasteiger partial charge in [0.2, 0.25) is 0 Å². The van der Waals surface area contributed by atoms with Crippen molar-refractivity contribution >= 4 is 11.9 Å². The molecule has 1 aliphatic rings. The highest BCUT2D eigenvalue weighted by Gasteiger charge is 2.28. The van der Waals surface area contributed by atoms with Crippen LogP contribution < -0.4 is 11.2 Å². The maximum atomic E-state index is 12.0. The highest BCUT2D eigenvalue weighted by molar-refractivity contribution is 5.80. The van der Waals surface area contributed by atoms with Crippen LogP contribution >= 0.6 is 0 Å². The lowest BCUT2D eigenvalue weighted by Crippen LogP contribution is -2.48. The first-order valence-corrected chi connectivity index (χ1v) is 9.13. The van der Waals surface area contributed by atoms with Crippen LogP contribution in [0.5, 0.6) is 0 Å². The number of carboxylic acids is 1.